The highest BCUT2D eigenvalue weighted by atomic mass is 16.4. The predicted molar refractivity (Wildman–Crippen MR) is 121 cm³/mol. The predicted octanol–water partition coefficient (Wildman–Crippen LogP) is -1.37. The molecule has 184 valence electrons. The molecule has 0 heterocycles. The number of nitrogens with one attached hydrogen (secondary N) is 3. The third-order valence-corrected chi connectivity index (χ3v) is 4.56. The molecule has 10 N–H and O–H groups in total. The van der Waals surface area contributed by atoms with Crippen LogP contribution in [-0.2, 0) is 19.2 Å². The largest absolute Gasteiger partial charge is 0.480 e. The molecule has 0 saturated carbocycles. The molecule has 0 saturated heterocycles. The molecule has 4 atom stereocenters. The van der Waals surface area contributed by atoms with E-state index in [0.29, 0.717) is 12.8 Å². The van der Waals surface area contributed by atoms with E-state index in [1.807, 2.05) is 13.8 Å². The van der Waals surface area contributed by atoms with Gasteiger partial charge < -0.3 is 38.3 Å². The molecular weight excluding hydrogens is 418 g/mol. The van der Waals surface area contributed by atoms with Gasteiger partial charge in [0.05, 0.1) is 6.04 Å². The lowest BCUT2D eigenvalue weighted by molar-refractivity contribution is -0.143. The Bertz CT molecular complexity index is 675. The van der Waals surface area contributed by atoms with Crippen LogP contribution < -0.4 is 33.2 Å². The van der Waals surface area contributed by atoms with Crippen LogP contribution in [0, 0.1) is 11.8 Å². The number of guanidine groups is 1. The summed E-state index contributed by atoms with van der Waals surface area (Å²) in [5, 5.41) is 17.0. The fourth-order valence-corrected chi connectivity index (χ4v) is 2.82. The van der Waals surface area contributed by atoms with E-state index in [1.54, 1.807) is 13.8 Å². The van der Waals surface area contributed by atoms with E-state index in [9.17, 15) is 24.3 Å². The Morgan fingerprint density at radius 1 is 0.875 bits per heavy atom. The maximum atomic E-state index is 12.9. The number of amides is 3. The number of carbonyl (C=O) groups excluding carboxylic acids is 3. The highest BCUT2D eigenvalue weighted by Gasteiger charge is 2.31. The molecule has 0 radical (unpaired) electrons. The summed E-state index contributed by atoms with van der Waals surface area (Å²) in [4.78, 5) is 53.1. The molecule has 0 rings (SSSR count). The van der Waals surface area contributed by atoms with Crippen LogP contribution in [0.4, 0.5) is 0 Å². The summed E-state index contributed by atoms with van der Waals surface area (Å²) in [6, 6.07) is -3.87. The van der Waals surface area contributed by atoms with Gasteiger partial charge in [-0.25, -0.2) is 4.79 Å². The van der Waals surface area contributed by atoms with Gasteiger partial charge in [-0.1, -0.05) is 27.7 Å². The molecule has 0 aliphatic carbocycles. The molecule has 32 heavy (non-hydrogen) atoms. The number of nitrogens with zero attached hydrogens (tertiary/aromatic N) is 1. The third-order valence-electron chi connectivity index (χ3n) is 4.56. The zero-order valence-electron chi connectivity index (χ0n) is 19.6. The molecule has 0 aromatic carbocycles. The summed E-state index contributed by atoms with van der Waals surface area (Å²) >= 11 is 0. The van der Waals surface area contributed by atoms with Crippen molar-refractivity contribution in [1.29, 1.82) is 0 Å². The van der Waals surface area contributed by atoms with E-state index >= 15 is 0 Å². The maximum absolute atomic E-state index is 12.9. The van der Waals surface area contributed by atoms with Crippen molar-refractivity contribution in [3.05, 3.63) is 0 Å². The first kappa shape index (κ1) is 29.1. The van der Waals surface area contributed by atoms with Crippen molar-refractivity contribution < 1.29 is 24.3 Å². The van der Waals surface area contributed by atoms with Crippen molar-refractivity contribution in [2.75, 3.05) is 6.54 Å². The number of hydrogen-bond donors (Lipinski definition) is 7. The molecule has 0 spiro atoms. The highest BCUT2D eigenvalue weighted by molar-refractivity contribution is 5.94. The second kappa shape index (κ2) is 14.2. The summed E-state index contributed by atoms with van der Waals surface area (Å²) in [6.07, 6.45) is 0.849. The lowest BCUT2D eigenvalue weighted by Crippen LogP contribution is -2.57. The van der Waals surface area contributed by atoms with Gasteiger partial charge in [0.15, 0.2) is 5.96 Å². The van der Waals surface area contributed by atoms with Gasteiger partial charge in [0.1, 0.15) is 18.1 Å². The first-order chi connectivity index (χ1) is 14.8. The van der Waals surface area contributed by atoms with Crippen molar-refractivity contribution in [3.8, 4) is 0 Å². The molecular formula is C20H39N7O5. The van der Waals surface area contributed by atoms with E-state index in [4.69, 9.17) is 17.2 Å². The third kappa shape index (κ3) is 11.5. The van der Waals surface area contributed by atoms with E-state index in [-0.39, 0.29) is 30.8 Å². The quantitative estimate of drug-likeness (QED) is 0.0935. The van der Waals surface area contributed by atoms with Crippen LogP contribution in [0.2, 0.25) is 0 Å². The lowest BCUT2D eigenvalue weighted by Gasteiger charge is -2.26. The molecule has 12 heteroatoms. The Hall–Kier alpha value is -2.89. The van der Waals surface area contributed by atoms with Gasteiger partial charge in [-0.15, -0.1) is 0 Å². The van der Waals surface area contributed by atoms with Gasteiger partial charge in [-0.2, -0.15) is 0 Å². The number of aliphatic imine (C=N–C) groups is 1. The second-order valence-electron chi connectivity index (χ2n) is 8.56. The van der Waals surface area contributed by atoms with Crippen LogP contribution in [0.3, 0.4) is 0 Å². The van der Waals surface area contributed by atoms with Gasteiger partial charge >= 0.3 is 5.97 Å². The topological polar surface area (TPSA) is 215 Å². The van der Waals surface area contributed by atoms with Gasteiger partial charge in [0, 0.05) is 6.54 Å². The zero-order chi connectivity index (χ0) is 25.0. The van der Waals surface area contributed by atoms with Gasteiger partial charge in [0.2, 0.25) is 17.7 Å². The van der Waals surface area contributed by atoms with Crippen LogP contribution in [-0.4, -0.2) is 65.5 Å². The molecule has 0 aliphatic rings. The Kier molecular flexibility index (Phi) is 12.9. The van der Waals surface area contributed by atoms with Crippen LogP contribution in [0.5, 0.6) is 0 Å². The molecule has 0 aliphatic heterocycles. The Labute approximate surface area is 189 Å². The number of rotatable bonds is 14. The molecule has 12 nitrogen and oxygen atoms in total. The fraction of sp³-hybridized carbons (Fsp3) is 0.750. The minimum atomic E-state index is -1.18. The number of carboxylic acids is 1. The number of hydrogen-bond acceptors (Lipinski definition) is 6. The van der Waals surface area contributed by atoms with Crippen molar-refractivity contribution in [2.24, 2.45) is 34.0 Å². The lowest BCUT2D eigenvalue weighted by atomic mass is 10.0. The molecule has 0 fully saturated rings. The molecule has 3 amide bonds. The number of carboxylic acid groups (broad SMARTS) is 1. The van der Waals surface area contributed by atoms with Crippen molar-refractivity contribution in [3.63, 3.8) is 0 Å². The summed E-state index contributed by atoms with van der Waals surface area (Å²) < 4.78 is 0. The second-order valence-corrected chi connectivity index (χ2v) is 8.56. The fourth-order valence-electron chi connectivity index (χ4n) is 2.82. The smallest absolute Gasteiger partial charge is 0.326 e. The average Bonchev–Trinajstić information content (AvgIpc) is 2.66. The average molecular weight is 458 g/mol. The Morgan fingerprint density at radius 2 is 1.41 bits per heavy atom. The van der Waals surface area contributed by atoms with Crippen molar-refractivity contribution in [2.45, 2.75) is 78.0 Å². The van der Waals surface area contributed by atoms with Crippen molar-refractivity contribution >= 4 is 29.7 Å². The van der Waals surface area contributed by atoms with Crippen LogP contribution in [0.25, 0.3) is 0 Å². The highest BCUT2D eigenvalue weighted by Crippen LogP contribution is 2.09. The molecule has 0 bridgehead atoms. The summed E-state index contributed by atoms with van der Waals surface area (Å²) in [6.45, 7) is 8.82. The van der Waals surface area contributed by atoms with Crippen LogP contribution >= 0.6 is 0 Å². The number of aliphatic carboxylic acids is 1. The molecule has 4 unspecified atom stereocenters. The Balaban J connectivity index is 5.53. The van der Waals surface area contributed by atoms with E-state index < -0.39 is 47.9 Å². The minimum absolute atomic E-state index is 0.0746. The number of nitrogens with two attached hydrogens (primary N) is 3. The summed E-state index contributed by atoms with van der Waals surface area (Å²) in [7, 11) is 0. The maximum Gasteiger partial charge on any atom is 0.326 e. The van der Waals surface area contributed by atoms with E-state index in [2.05, 4.69) is 20.9 Å². The van der Waals surface area contributed by atoms with Crippen LogP contribution in [0.15, 0.2) is 4.99 Å². The monoisotopic (exact) mass is 457 g/mol. The van der Waals surface area contributed by atoms with Crippen molar-refractivity contribution in [1.82, 2.24) is 16.0 Å². The van der Waals surface area contributed by atoms with E-state index in [1.165, 1.54) is 6.92 Å². The summed E-state index contributed by atoms with van der Waals surface area (Å²) in [5.41, 5.74) is 16.2. The van der Waals surface area contributed by atoms with Gasteiger partial charge in [-0.05, 0) is 38.0 Å². The standard InChI is InChI=1S/C20H39N7O5/c1-10(2)9-14(26-16(28)12(5)21)18(30)25-13(7-6-8-24-20(22)23)17(29)27-15(11(3)4)19(31)32/h10-15H,6-9,21H2,1-5H3,(H,25,30)(H,26,28)(H,27,29)(H,31,32)(H4,22,23,24). The van der Waals surface area contributed by atoms with Gasteiger partial charge in [-0.3, -0.25) is 19.4 Å². The summed E-state index contributed by atoms with van der Waals surface area (Å²) in [5.74, 6) is -3.28. The van der Waals surface area contributed by atoms with Gasteiger partial charge in [0.25, 0.3) is 0 Å². The number of carbonyl (C=O) groups is 4. The first-order valence-corrected chi connectivity index (χ1v) is 10.7. The van der Waals surface area contributed by atoms with E-state index in [0.717, 1.165) is 0 Å². The Morgan fingerprint density at radius 3 is 1.84 bits per heavy atom. The zero-order valence-corrected chi connectivity index (χ0v) is 19.6. The molecule has 0 aromatic heterocycles. The molecule has 0 aromatic rings. The van der Waals surface area contributed by atoms with Crippen LogP contribution in [0.1, 0.15) is 53.9 Å². The normalized spacial score (nSPS) is 14.8. The minimum Gasteiger partial charge on any atom is -0.480 e. The SMILES string of the molecule is CC(C)CC(NC(=O)C(C)N)C(=O)NC(CCCN=C(N)N)C(=O)NC(C(=O)O)C(C)C. The first-order valence-electron chi connectivity index (χ1n) is 10.7.